The number of rotatable bonds is 4. The Bertz CT molecular complexity index is 1100. The second-order valence-electron chi connectivity index (χ2n) is 5.73. The number of nitrogens with zero attached hydrogens (tertiary/aromatic N) is 3. The SMILES string of the molecule is Cc1nn(-c2ccc(S(=O)(=O)O)cc2)c(C)c1-c1cccc([N+](=O)[O-])c1. The van der Waals surface area contributed by atoms with Crippen molar-refractivity contribution in [3.05, 3.63) is 70.0 Å². The van der Waals surface area contributed by atoms with E-state index in [1.54, 1.807) is 23.7 Å². The molecule has 8 nitrogen and oxygen atoms in total. The molecule has 1 heterocycles. The lowest BCUT2D eigenvalue weighted by atomic mass is 10.0. The van der Waals surface area contributed by atoms with Crippen LogP contribution in [0.25, 0.3) is 16.8 Å². The molecule has 0 aliphatic carbocycles. The zero-order valence-electron chi connectivity index (χ0n) is 13.9. The first-order chi connectivity index (χ1) is 12.2. The number of nitro benzene ring substituents is 1. The summed E-state index contributed by atoms with van der Waals surface area (Å²) in [5.74, 6) is 0. The van der Waals surface area contributed by atoms with Gasteiger partial charge in [-0.2, -0.15) is 13.5 Å². The fraction of sp³-hybridized carbons (Fsp3) is 0.118. The van der Waals surface area contributed by atoms with E-state index in [0.29, 0.717) is 16.9 Å². The van der Waals surface area contributed by atoms with E-state index < -0.39 is 15.0 Å². The van der Waals surface area contributed by atoms with Gasteiger partial charge in [0.2, 0.25) is 0 Å². The van der Waals surface area contributed by atoms with Crippen LogP contribution in [-0.2, 0) is 10.1 Å². The molecule has 3 aromatic rings. The maximum atomic E-state index is 11.2. The molecular formula is C17H15N3O5S. The highest BCUT2D eigenvalue weighted by atomic mass is 32.2. The van der Waals surface area contributed by atoms with Crippen molar-refractivity contribution in [1.82, 2.24) is 9.78 Å². The fourth-order valence-corrected chi connectivity index (χ4v) is 3.33. The first kappa shape index (κ1) is 17.8. The van der Waals surface area contributed by atoms with Crippen molar-refractivity contribution in [3.8, 4) is 16.8 Å². The molecule has 0 atom stereocenters. The second-order valence-corrected chi connectivity index (χ2v) is 7.16. The standard InChI is InChI=1S/C17H15N3O5S/c1-11-17(13-4-3-5-15(10-13)20(21)22)12(2)19(18-11)14-6-8-16(9-7-14)26(23,24)25/h3-10H,1-2H3,(H,23,24,25). The number of non-ortho nitro benzene ring substituents is 1. The molecule has 0 amide bonds. The molecule has 1 N–H and O–H groups in total. The van der Waals surface area contributed by atoms with Crippen molar-refractivity contribution < 1.29 is 17.9 Å². The fourth-order valence-electron chi connectivity index (χ4n) is 2.85. The summed E-state index contributed by atoms with van der Waals surface area (Å²) in [7, 11) is -4.26. The molecule has 0 aliphatic heterocycles. The highest BCUT2D eigenvalue weighted by Gasteiger charge is 2.17. The smallest absolute Gasteiger partial charge is 0.282 e. The summed E-state index contributed by atoms with van der Waals surface area (Å²) < 4.78 is 33.0. The lowest BCUT2D eigenvalue weighted by Crippen LogP contribution is -2.02. The van der Waals surface area contributed by atoms with Gasteiger partial charge in [0.1, 0.15) is 0 Å². The van der Waals surface area contributed by atoms with Crippen LogP contribution in [0.4, 0.5) is 5.69 Å². The predicted octanol–water partition coefficient (Wildman–Crippen LogP) is 3.31. The van der Waals surface area contributed by atoms with Crippen LogP contribution in [0.3, 0.4) is 0 Å². The maximum absolute atomic E-state index is 11.2. The normalized spacial score (nSPS) is 11.5. The highest BCUT2D eigenvalue weighted by molar-refractivity contribution is 7.85. The van der Waals surface area contributed by atoms with Gasteiger partial charge < -0.3 is 0 Å². The van der Waals surface area contributed by atoms with Crippen LogP contribution in [-0.4, -0.2) is 27.7 Å². The number of hydrogen-bond acceptors (Lipinski definition) is 5. The largest absolute Gasteiger partial charge is 0.294 e. The molecule has 0 unspecified atom stereocenters. The average molecular weight is 373 g/mol. The Kier molecular flexibility index (Phi) is 4.34. The summed E-state index contributed by atoms with van der Waals surface area (Å²) in [5, 5.41) is 15.5. The van der Waals surface area contributed by atoms with Crippen molar-refractivity contribution in [2.45, 2.75) is 18.7 Å². The van der Waals surface area contributed by atoms with Crippen LogP contribution in [0.5, 0.6) is 0 Å². The van der Waals surface area contributed by atoms with E-state index >= 15 is 0 Å². The zero-order valence-corrected chi connectivity index (χ0v) is 14.8. The van der Waals surface area contributed by atoms with Gasteiger partial charge in [0.15, 0.2) is 0 Å². The molecule has 134 valence electrons. The van der Waals surface area contributed by atoms with E-state index in [1.165, 1.54) is 36.4 Å². The Morgan fingerprint density at radius 3 is 2.35 bits per heavy atom. The third-order valence-corrected chi connectivity index (χ3v) is 4.88. The summed E-state index contributed by atoms with van der Waals surface area (Å²) in [4.78, 5) is 10.4. The summed E-state index contributed by atoms with van der Waals surface area (Å²) in [6.45, 7) is 3.62. The van der Waals surface area contributed by atoms with Crippen LogP contribution in [0.15, 0.2) is 53.4 Å². The van der Waals surface area contributed by atoms with E-state index in [-0.39, 0.29) is 10.6 Å². The molecular weight excluding hydrogens is 358 g/mol. The summed E-state index contributed by atoms with van der Waals surface area (Å²) >= 11 is 0. The van der Waals surface area contributed by atoms with Gasteiger partial charge in [0.25, 0.3) is 15.8 Å². The topological polar surface area (TPSA) is 115 Å². The van der Waals surface area contributed by atoms with Gasteiger partial charge in [-0.25, -0.2) is 4.68 Å². The Labute approximate surface area is 149 Å². The van der Waals surface area contributed by atoms with Crippen molar-refractivity contribution in [1.29, 1.82) is 0 Å². The Balaban J connectivity index is 2.09. The van der Waals surface area contributed by atoms with Gasteiger partial charge in [-0.3, -0.25) is 14.7 Å². The Hall–Kier alpha value is -3.04. The second kappa shape index (κ2) is 6.36. The lowest BCUT2D eigenvalue weighted by Gasteiger charge is -2.06. The zero-order chi connectivity index (χ0) is 19.1. The predicted molar refractivity (Wildman–Crippen MR) is 94.9 cm³/mol. The van der Waals surface area contributed by atoms with Crippen molar-refractivity contribution in [2.24, 2.45) is 0 Å². The minimum absolute atomic E-state index is 0.00782. The third-order valence-electron chi connectivity index (χ3n) is 4.02. The van der Waals surface area contributed by atoms with E-state index in [9.17, 15) is 18.5 Å². The summed E-state index contributed by atoms with van der Waals surface area (Å²) in [6, 6.07) is 11.9. The van der Waals surface area contributed by atoms with Crippen LogP contribution in [0.1, 0.15) is 11.4 Å². The van der Waals surface area contributed by atoms with Gasteiger partial charge in [-0.15, -0.1) is 0 Å². The van der Waals surface area contributed by atoms with Gasteiger partial charge in [0, 0.05) is 23.4 Å². The molecule has 2 aromatic carbocycles. The first-order valence-corrected chi connectivity index (χ1v) is 9.01. The van der Waals surface area contributed by atoms with E-state index in [0.717, 1.165) is 11.3 Å². The van der Waals surface area contributed by atoms with Gasteiger partial charge in [-0.05, 0) is 43.7 Å². The third kappa shape index (κ3) is 3.22. The lowest BCUT2D eigenvalue weighted by molar-refractivity contribution is -0.384. The molecule has 0 spiro atoms. The average Bonchev–Trinajstić information content (AvgIpc) is 2.89. The van der Waals surface area contributed by atoms with Crippen LogP contribution in [0, 0.1) is 24.0 Å². The molecule has 0 bridgehead atoms. The number of benzene rings is 2. The Morgan fingerprint density at radius 1 is 1.12 bits per heavy atom. The van der Waals surface area contributed by atoms with E-state index in [2.05, 4.69) is 5.10 Å². The molecule has 3 rings (SSSR count). The monoisotopic (exact) mass is 373 g/mol. The minimum Gasteiger partial charge on any atom is -0.282 e. The van der Waals surface area contributed by atoms with Crippen LogP contribution >= 0.6 is 0 Å². The summed E-state index contributed by atoms with van der Waals surface area (Å²) in [6.07, 6.45) is 0. The molecule has 0 fully saturated rings. The molecule has 0 aliphatic rings. The quantitative estimate of drug-likeness (QED) is 0.426. The molecule has 0 saturated heterocycles. The van der Waals surface area contributed by atoms with Crippen molar-refractivity contribution >= 4 is 15.8 Å². The van der Waals surface area contributed by atoms with Gasteiger partial charge in [-0.1, -0.05) is 12.1 Å². The van der Waals surface area contributed by atoms with E-state index in [1.807, 2.05) is 6.92 Å². The molecule has 9 heteroatoms. The van der Waals surface area contributed by atoms with Gasteiger partial charge in [0.05, 0.1) is 21.2 Å². The number of nitro groups is 1. The summed E-state index contributed by atoms with van der Waals surface area (Å²) in [5.41, 5.74) is 3.48. The molecule has 0 radical (unpaired) electrons. The van der Waals surface area contributed by atoms with Crippen LogP contribution in [0.2, 0.25) is 0 Å². The maximum Gasteiger partial charge on any atom is 0.294 e. The molecule has 1 aromatic heterocycles. The highest BCUT2D eigenvalue weighted by Crippen LogP contribution is 2.31. The van der Waals surface area contributed by atoms with Crippen molar-refractivity contribution in [2.75, 3.05) is 0 Å². The van der Waals surface area contributed by atoms with E-state index in [4.69, 9.17) is 4.55 Å². The number of aromatic nitrogens is 2. The molecule has 26 heavy (non-hydrogen) atoms. The first-order valence-electron chi connectivity index (χ1n) is 7.57. The van der Waals surface area contributed by atoms with Crippen LogP contribution < -0.4 is 0 Å². The Morgan fingerprint density at radius 2 is 1.77 bits per heavy atom. The number of hydrogen-bond donors (Lipinski definition) is 1. The van der Waals surface area contributed by atoms with Gasteiger partial charge >= 0.3 is 0 Å². The molecule has 0 saturated carbocycles. The number of aryl methyl sites for hydroxylation is 1. The van der Waals surface area contributed by atoms with Crippen molar-refractivity contribution in [3.63, 3.8) is 0 Å². The minimum atomic E-state index is -4.26.